The highest BCUT2D eigenvalue weighted by molar-refractivity contribution is 5.67. The highest BCUT2D eigenvalue weighted by Gasteiger charge is 2.54. The van der Waals surface area contributed by atoms with Gasteiger partial charge in [0.25, 0.3) is 0 Å². The molecule has 38 heavy (non-hydrogen) atoms. The topological polar surface area (TPSA) is 240 Å². The van der Waals surface area contributed by atoms with E-state index in [-0.39, 0.29) is 0 Å². The first-order valence-corrected chi connectivity index (χ1v) is 12.1. The molecule has 0 unspecified atom stereocenters. The van der Waals surface area contributed by atoms with Gasteiger partial charge in [0.1, 0.15) is 42.7 Å². The van der Waals surface area contributed by atoms with E-state index in [0.717, 1.165) is 13.8 Å². The standard InChI is InChI=1S/C22H36O16/c1-6-11(26)17(37-21-14(29)13(28)12(27)10(5-23)36-21)15(30)22(33-6)38-19-18(35-9(4)25)16(34-8(3)24)7(2)32-20(19)31/h6-7,10-23,26-31H,5H2,1-4H3/t6-,7+,10+,11-,12+,13-,14+,15+,16-,17+,18-,19+,20+,21-,22-/m0/s1. The zero-order valence-electron chi connectivity index (χ0n) is 21.2. The minimum Gasteiger partial charge on any atom is -0.456 e. The van der Waals surface area contributed by atoms with Crippen LogP contribution in [0, 0.1) is 0 Å². The van der Waals surface area contributed by atoms with Crippen LogP contribution < -0.4 is 0 Å². The van der Waals surface area contributed by atoms with Gasteiger partial charge >= 0.3 is 11.9 Å². The molecule has 0 aromatic heterocycles. The van der Waals surface area contributed by atoms with E-state index in [9.17, 15) is 45.3 Å². The van der Waals surface area contributed by atoms with E-state index >= 15 is 0 Å². The molecule has 3 aliphatic heterocycles. The fourth-order valence-electron chi connectivity index (χ4n) is 4.58. The van der Waals surface area contributed by atoms with E-state index in [1.165, 1.54) is 13.8 Å². The Morgan fingerprint density at radius 1 is 0.632 bits per heavy atom. The summed E-state index contributed by atoms with van der Waals surface area (Å²) in [5.74, 6) is -1.52. The summed E-state index contributed by atoms with van der Waals surface area (Å²) in [6, 6.07) is 0. The van der Waals surface area contributed by atoms with Crippen LogP contribution in [0.3, 0.4) is 0 Å². The number of carbonyl (C=O) groups is 2. The Morgan fingerprint density at radius 3 is 1.76 bits per heavy atom. The number of aliphatic hydroxyl groups is 7. The highest BCUT2D eigenvalue weighted by Crippen LogP contribution is 2.33. The second-order valence-corrected chi connectivity index (χ2v) is 9.47. The van der Waals surface area contributed by atoms with Crippen LogP contribution in [0.5, 0.6) is 0 Å². The summed E-state index contributed by atoms with van der Waals surface area (Å²) < 4.78 is 38.0. The first-order chi connectivity index (χ1) is 17.8. The fourth-order valence-corrected chi connectivity index (χ4v) is 4.58. The molecule has 0 radical (unpaired) electrons. The average Bonchev–Trinajstić information content (AvgIpc) is 2.84. The largest absolute Gasteiger partial charge is 0.456 e. The second-order valence-electron chi connectivity index (χ2n) is 9.47. The molecule has 0 spiro atoms. The summed E-state index contributed by atoms with van der Waals surface area (Å²) in [5.41, 5.74) is 0. The van der Waals surface area contributed by atoms with Crippen LogP contribution in [0.4, 0.5) is 0 Å². The Balaban J connectivity index is 1.81. The SMILES string of the molecule is CC(=O)O[C@@H]1[C@@H](O[C@@H]2O[C@@H](C)[C@H](O)[C@@H](O[C@@H]3O[C@H](CO)[C@@H](O)[C@H](O)[C@H]3O)[C@H]2O)[C@H](O)O[C@H](C)[C@@H]1OC(C)=O. The molecule has 0 aromatic rings. The van der Waals surface area contributed by atoms with Crippen LogP contribution in [-0.2, 0) is 42.7 Å². The second kappa shape index (κ2) is 12.8. The lowest BCUT2D eigenvalue weighted by atomic mass is 9.96. The van der Waals surface area contributed by atoms with E-state index in [2.05, 4.69) is 0 Å². The zero-order valence-corrected chi connectivity index (χ0v) is 21.2. The van der Waals surface area contributed by atoms with Crippen LogP contribution in [0.2, 0.25) is 0 Å². The number of esters is 2. The fraction of sp³-hybridized carbons (Fsp3) is 0.909. The maximum absolute atomic E-state index is 11.8. The van der Waals surface area contributed by atoms with Gasteiger partial charge in [-0.3, -0.25) is 9.59 Å². The molecule has 3 saturated heterocycles. The van der Waals surface area contributed by atoms with E-state index in [0.29, 0.717) is 0 Å². The van der Waals surface area contributed by atoms with Crippen molar-refractivity contribution in [2.75, 3.05) is 6.61 Å². The molecule has 0 bridgehead atoms. The summed E-state index contributed by atoms with van der Waals surface area (Å²) in [5, 5.41) is 71.8. The molecule has 3 fully saturated rings. The number of ether oxygens (including phenoxy) is 7. The molecular weight excluding hydrogens is 520 g/mol. The quantitative estimate of drug-likeness (QED) is 0.146. The van der Waals surface area contributed by atoms with Crippen LogP contribution in [0.25, 0.3) is 0 Å². The summed E-state index contributed by atoms with van der Waals surface area (Å²) in [6.45, 7) is 4.35. The average molecular weight is 557 g/mol. The van der Waals surface area contributed by atoms with Gasteiger partial charge in [0, 0.05) is 13.8 Å². The molecule has 220 valence electrons. The lowest BCUT2D eigenvalue weighted by Gasteiger charge is -2.48. The number of hydrogen-bond acceptors (Lipinski definition) is 16. The highest BCUT2D eigenvalue weighted by atomic mass is 16.8. The molecule has 0 aromatic carbocycles. The van der Waals surface area contributed by atoms with Gasteiger partial charge < -0.3 is 68.9 Å². The number of rotatable bonds is 7. The van der Waals surface area contributed by atoms with Crippen LogP contribution in [0.15, 0.2) is 0 Å². The lowest BCUT2D eigenvalue weighted by Crippen LogP contribution is -2.66. The molecular formula is C22H36O16. The van der Waals surface area contributed by atoms with Crippen molar-refractivity contribution in [2.45, 2.75) is 120 Å². The summed E-state index contributed by atoms with van der Waals surface area (Å²) >= 11 is 0. The minimum absolute atomic E-state index is 0.726. The maximum atomic E-state index is 11.8. The molecule has 16 heteroatoms. The molecule has 0 aliphatic carbocycles. The first kappa shape index (κ1) is 31.0. The number of carbonyl (C=O) groups excluding carboxylic acids is 2. The van der Waals surface area contributed by atoms with Gasteiger partial charge in [-0.2, -0.15) is 0 Å². The summed E-state index contributed by atoms with van der Waals surface area (Å²) in [7, 11) is 0. The van der Waals surface area contributed by atoms with Crippen LogP contribution in [-0.4, -0.2) is 146 Å². The van der Waals surface area contributed by atoms with E-state index in [1.807, 2.05) is 0 Å². The van der Waals surface area contributed by atoms with Crippen molar-refractivity contribution in [3.05, 3.63) is 0 Å². The molecule has 3 rings (SSSR count). The van der Waals surface area contributed by atoms with Crippen molar-refractivity contribution in [1.82, 2.24) is 0 Å². The van der Waals surface area contributed by atoms with Crippen molar-refractivity contribution in [3.8, 4) is 0 Å². The summed E-state index contributed by atoms with van der Waals surface area (Å²) in [4.78, 5) is 23.4. The van der Waals surface area contributed by atoms with Crippen molar-refractivity contribution in [3.63, 3.8) is 0 Å². The molecule has 0 amide bonds. The zero-order chi connectivity index (χ0) is 28.5. The number of aliphatic hydroxyl groups excluding tert-OH is 7. The van der Waals surface area contributed by atoms with Gasteiger partial charge in [0.2, 0.25) is 0 Å². The van der Waals surface area contributed by atoms with Crippen molar-refractivity contribution in [1.29, 1.82) is 0 Å². The van der Waals surface area contributed by atoms with Gasteiger partial charge in [-0.1, -0.05) is 0 Å². The summed E-state index contributed by atoms with van der Waals surface area (Å²) in [6.07, 6.45) is -22.7. The monoisotopic (exact) mass is 556 g/mol. The van der Waals surface area contributed by atoms with Crippen molar-refractivity contribution in [2.24, 2.45) is 0 Å². The van der Waals surface area contributed by atoms with Gasteiger partial charge in [0.05, 0.1) is 18.8 Å². The molecule has 15 atom stereocenters. The van der Waals surface area contributed by atoms with Crippen LogP contribution >= 0.6 is 0 Å². The van der Waals surface area contributed by atoms with E-state index < -0.39 is 111 Å². The van der Waals surface area contributed by atoms with Crippen molar-refractivity contribution >= 4 is 11.9 Å². The Bertz CT molecular complexity index is 810. The third-order valence-electron chi connectivity index (χ3n) is 6.56. The molecule has 3 heterocycles. The van der Waals surface area contributed by atoms with Gasteiger partial charge in [-0.05, 0) is 13.8 Å². The predicted molar refractivity (Wildman–Crippen MR) is 118 cm³/mol. The Labute approximate surface area is 217 Å². The van der Waals surface area contributed by atoms with E-state index in [4.69, 9.17) is 33.2 Å². The van der Waals surface area contributed by atoms with Gasteiger partial charge in [-0.15, -0.1) is 0 Å². The Kier molecular flexibility index (Phi) is 10.4. The molecule has 7 N–H and O–H groups in total. The molecule has 16 nitrogen and oxygen atoms in total. The lowest BCUT2D eigenvalue weighted by molar-refractivity contribution is -0.379. The Hall–Kier alpha value is -1.54. The molecule has 3 aliphatic rings. The number of hydrogen-bond donors (Lipinski definition) is 7. The maximum Gasteiger partial charge on any atom is 0.303 e. The normalized spacial score (nSPS) is 47.8. The van der Waals surface area contributed by atoms with Crippen LogP contribution in [0.1, 0.15) is 27.7 Å². The van der Waals surface area contributed by atoms with Gasteiger partial charge in [-0.25, -0.2) is 0 Å². The smallest absolute Gasteiger partial charge is 0.303 e. The minimum atomic E-state index is -1.83. The third kappa shape index (κ3) is 6.60. The Morgan fingerprint density at radius 2 is 1.18 bits per heavy atom. The van der Waals surface area contributed by atoms with E-state index in [1.54, 1.807) is 0 Å². The van der Waals surface area contributed by atoms with Gasteiger partial charge in [0.15, 0.2) is 37.2 Å². The first-order valence-electron chi connectivity index (χ1n) is 12.1. The van der Waals surface area contributed by atoms with Crippen molar-refractivity contribution < 1.29 is 78.5 Å². The predicted octanol–water partition coefficient (Wildman–Crippen LogP) is -4.38. The molecule has 0 saturated carbocycles. The third-order valence-corrected chi connectivity index (χ3v) is 6.56.